The summed E-state index contributed by atoms with van der Waals surface area (Å²) < 4.78 is 41.0. The number of amides is 4. The van der Waals surface area contributed by atoms with Crippen molar-refractivity contribution < 1.29 is 67.0 Å². The maximum absolute atomic E-state index is 14.8. The molecule has 4 aliphatic rings. The zero-order chi connectivity index (χ0) is 61.5. The Morgan fingerprint density at radius 2 is 1.72 bits per heavy atom. The van der Waals surface area contributed by atoms with Crippen molar-refractivity contribution in [2.75, 3.05) is 78.5 Å². The number of methoxy groups -OCH3 is 2. The van der Waals surface area contributed by atoms with Crippen molar-refractivity contribution in [1.82, 2.24) is 15.1 Å². The second-order valence-electron chi connectivity index (χ2n) is 22.4. The maximum atomic E-state index is 14.8. The fraction of sp³-hybridized carbons (Fsp3) is 0.548. The normalized spacial score (nSPS) is 25.3. The summed E-state index contributed by atoms with van der Waals surface area (Å²) in [5.74, 6) is -1.89. The van der Waals surface area contributed by atoms with Crippen molar-refractivity contribution in [1.29, 1.82) is 0 Å². The number of alkyl carbamates (subject to hydrolysis) is 1. The number of benzene rings is 3. The van der Waals surface area contributed by atoms with E-state index in [4.69, 9.17) is 50.3 Å². The van der Waals surface area contributed by atoms with E-state index in [0.717, 1.165) is 66.1 Å². The first kappa shape index (κ1) is 66.0. The number of nitrogens with zero attached hydrogens (tertiary/aromatic N) is 6. The molecule has 3 heterocycles. The lowest BCUT2D eigenvalue weighted by atomic mass is 9.68. The quantitative estimate of drug-likeness (QED) is 0.0237. The Hall–Kier alpha value is -6.49. The fourth-order valence-corrected chi connectivity index (χ4v) is 12.5. The summed E-state index contributed by atoms with van der Waals surface area (Å²) in [5, 5.41) is 17.8. The molecule has 4 bridgehead atoms. The minimum Gasteiger partial charge on any atom is -0.495 e. The van der Waals surface area contributed by atoms with Gasteiger partial charge >= 0.3 is 12.1 Å². The molecule has 3 aromatic rings. The Labute approximate surface area is 506 Å². The molecule has 7 rings (SSSR count). The number of hydrogen-bond acceptors (Lipinski definition) is 16. The van der Waals surface area contributed by atoms with E-state index < -0.39 is 77.0 Å². The third-order valence-corrected chi connectivity index (χ3v) is 17.9. The molecule has 1 saturated carbocycles. The monoisotopic (exact) mass is 1210 g/mol. The van der Waals surface area contributed by atoms with Gasteiger partial charge in [-0.05, 0) is 74.4 Å². The van der Waals surface area contributed by atoms with Crippen LogP contribution >= 0.6 is 23.4 Å². The van der Waals surface area contributed by atoms with Crippen molar-refractivity contribution in [2.24, 2.45) is 11.0 Å². The highest BCUT2D eigenvalue weighted by atomic mass is 35.5. The number of halogens is 1. The Balaban J connectivity index is 1.00. The lowest BCUT2D eigenvalue weighted by Gasteiger charge is -2.42. The van der Waals surface area contributed by atoms with Crippen molar-refractivity contribution in [2.45, 2.75) is 139 Å². The average molecular weight is 1210 g/mol. The van der Waals surface area contributed by atoms with E-state index in [1.807, 2.05) is 60.4 Å². The number of likely N-dealkylation sites (N-methyl/N-ethyl adjacent to an activating group) is 1. The summed E-state index contributed by atoms with van der Waals surface area (Å²) in [6.07, 6.45) is 4.69. The Morgan fingerprint density at radius 3 is 2.40 bits per heavy atom. The second-order valence-corrected chi connectivity index (χ2v) is 23.8. The van der Waals surface area contributed by atoms with Gasteiger partial charge in [0.25, 0.3) is 0 Å². The van der Waals surface area contributed by atoms with Crippen molar-refractivity contribution in [3.05, 3.63) is 128 Å². The molecule has 21 nitrogen and oxygen atoms in total. The van der Waals surface area contributed by atoms with Gasteiger partial charge in [0.2, 0.25) is 22.8 Å². The first-order valence-corrected chi connectivity index (χ1v) is 30.2. The van der Waals surface area contributed by atoms with Crippen LogP contribution in [-0.2, 0) is 66.0 Å². The number of epoxide rings is 1. The number of azide groups is 1. The van der Waals surface area contributed by atoms with Gasteiger partial charge in [0, 0.05) is 75.8 Å². The minimum absolute atomic E-state index is 0.0281. The number of carbonyl (C=O) groups is 6. The smallest absolute Gasteiger partial charge is 0.409 e. The largest absolute Gasteiger partial charge is 0.495 e. The van der Waals surface area contributed by atoms with E-state index in [0.29, 0.717) is 43.2 Å². The highest BCUT2D eigenvalue weighted by Crippen LogP contribution is 2.49. The van der Waals surface area contributed by atoms with Gasteiger partial charge in [0.1, 0.15) is 40.7 Å². The summed E-state index contributed by atoms with van der Waals surface area (Å²) in [4.78, 5) is 91.1. The summed E-state index contributed by atoms with van der Waals surface area (Å²) in [6, 6.07) is 19.4. The molecule has 0 radical (unpaired) electrons. The number of nitrogens with one attached hydrogen (secondary N) is 1. The van der Waals surface area contributed by atoms with Gasteiger partial charge in [-0.3, -0.25) is 24.5 Å². The molecule has 1 unspecified atom stereocenters. The second kappa shape index (κ2) is 30.2. The van der Waals surface area contributed by atoms with E-state index in [9.17, 15) is 33.9 Å². The van der Waals surface area contributed by atoms with Gasteiger partial charge in [0.05, 0.1) is 57.2 Å². The number of aliphatic hydroxyl groups is 1. The first-order chi connectivity index (χ1) is 40.7. The van der Waals surface area contributed by atoms with Gasteiger partial charge in [-0.25, -0.2) is 9.59 Å². The van der Waals surface area contributed by atoms with Crippen molar-refractivity contribution >= 4 is 63.9 Å². The number of anilines is 1. The maximum Gasteiger partial charge on any atom is 0.409 e. The summed E-state index contributed by atoms with van der Waals surface area (Å²) >= 11 is 7.82. The fourth-order valence-electron chi connectivity index (χ4n) is 11.4. The lowest BCUT2D eigenvalue weighted by molar-refractivity contribution is -0.162. The Morgan fingerprint density at radius 1 is 1.01 bits per heavy atom. The Bertz CT molecular complexity index is 2960. The van der Waals surface area contributed by atoms with Crippen LogP contribution in [0.4, 0.5) is 10.5 Å². The number of ether oxygens (including phenoxy) is 7. The molecule has 23 heteroatoms. The summed E-state index contributed by atoms with van der Waals surface area (Å²) in [7, 11) is 5.90. The molecule has 3 fully saturated rings. The van der Waals surface area contributed by atoms with Crippen LogP contribution in [0.3, 0.4) is 0 Å². The van der Waals surface area contributed by atoms with E-state index >= 15 is 0 Å². The predicted octanol–water partition coefficient (Wildman–Crippen LogP) is 9.05. The number of fused-ring (bicyclic) bond motifs is 5. The van der Waals surface area contributed by atoms with E-state index in [-0.39, 0.29) is 67.4 Å². The molecular weight excluding hydrogens is 1130 g/mol. The third-order valence-electron chi connectivity index (χ3n) is 16.6. The predicted molar refractivity (Wildman–Crippen MR) is 321 cm³/mol. The van der Waals surface area contributed by atoms with Crippen LogP contribution in [0.25, 0.3) is 10.4 Å². The molecule has 0 spiro atoms. The van der Waals surface area contributed by atoms with Crippen LogP contribution in [0.5, 0.6) is 5.75 Å². The highest BCUT2D eigenvalue weighted by molar-refractivity contribution is 8.14. The van der Waals surface area contributed by atoms with Crippen LogP contribution < -0.4 is 15.0 Å². The molecule has 3 aromatic carbocycles. The zero-order valence-corrected chi connectivity index (χ0v) is 51.4. The number of hydrogen-bond donors (Lipinski definition) is 2. The molecule has 85 heavy (non-hydrogen) atoms. The molecular formula is C62H80ClN7O14S. The third kappa shape index (κ3) is 16.5. The molecule has 460 valence electrons. The van der Waals surface area contributed by atoms with E-state index in [1.54, 1.807) is 57.3 Å². The number of esters is 1. The number of rotatable bonds is 22. The first-order valence-electron chi connectivity index (χ1n) is 28.8. The topological polar surface area (TPSA) is 261 Å². The highest BCUT2D eigenvalue weighted by Gasteiger charge is 2.64. The molecule has 0 aromatic heterocycles. The van der Waals surface area contributed by atoms with Crippen LogP contribution in [0.1, 0.15) is 106 Å². The SMILES string of the molecule is COc1cc2cc(c1Cl)N(C)C(=O)C[C@@H](OC(=O)[C@@H](C)N(C)C(=O)CCSC(=O)c1ccc(CN(CCOCCOCCN=[N+]=[N-])C(=O)C3(c4ccccc4)CCCCC3)cc1)C1(C)O[C@@H]1[C@@H](C)[C@H]1C[C@](O)(NC(=O)O1)[C@@H](OC)/C=C/C=C(\C)C2. The van der Waals surface area contributed by atoms with Gasteiger partial charge in [-0.15, -0.1) is 0 Å². The van der Waals surface area contributed by atoms with Gasteiger partial charge in [-0.1, -0.05) is 133 Å². The van der Waals surface area contributed by atoms with Crippen molar-refractivity contribution in [3.63, 3.8) is 0 Å². The summed E-state index contributed by atoms with van der Waals surface area (Å²) in [6.45, 7) is 8.88. The summed E-state index contributed by atoms with van der Waals surface area (Å²) in [5.41, 5.74) is 8.86. The molecule has 1 aliphatic carbocycles. The van der Waals surface area contributed by atoms with Crippen LogP contribution in [-0.4, -0.2) is 165 Å². The number of allylic oxidation sites excluding steroid dienone is 3. The number of thioether (sulfide) groups is 1. The van der Waals surface area contributed by atoms with E-state index in [2.05, 4.69) is 15.3 Å². The average Bonchev–Trinajstić information content (AvgIpc) is 3.22. The van der Waals surface area contributed by atoms with Crippen LogP contribution in [0, 0.1) is 5.92 Å². The number of carbonyl (C=O) groups excluding carboxylic acids is 6. The zero-order valence-electron chi connectivity index (χ0n) is 49.8. The van der Waals surface area contributed by atoms with Crippen LogP contribution in [0.15, 0.2) is 95.6 Å². The van der Waals surface area contributed by atoms with Crippen LogP contribution in [0.2, 0.25) is 5.02 Å². The molecule has 2 saturated heterocycles. The lowest BCUT2D eigenvalue weighted by Crippen LogP contribution is -2.63. The van der Waals surface area contributed by atoms with Gasteiger partial charge < -0.3 is 53.0 Å². The Kier molecular flexibility index (Phi) is 23.5. The van der Waals surface area contributed by atoms with E-state index in [1.165, 1.54) is 38.0 Å². The van der Waals surface area contributed by atoms with Gasteiger partial charge in [0.15, 0.2) is 5.72 Å². The molecule has 2 N–H and O–H groups in total. The molecule has 3 aliphatic heterocycles. The standard InChI is InChI=1S/C62H80ClN7O14S/c1-40-16-15-19-50(79-8)62(77)38-49(82-59(76)66-62)41(2)55-60(4,84-55)51(37-53(72)69(6)47-35-44(34-40)36-48(78-7)54(47)63)83-56(73)42(3)68(5)52(71)24-33-85-57(74)45-22-20-43(21-23-45)39-70(28-30-81-32-31-80-29-27-65-67-64)58(75)61(25-13-10-14-26-61)46-17-11-9-12-18-46/h9,11-12,15-23,35-36,41-42,49-51,55,77H,10,13-14,24-34,37-39H2,1-8H3,(H,66,76)/b19-15+,40-16+/t41-,42+,49+,50-,51+,55+,60?,62+/m0/s1. The van der Waals surface area contributed by atoms with Crippen molar-refractivity contribution in [3.8, 4) is 5.75 Å². The molecule has 8 atom stereocenters. The van der Waals surface area contributed by atoms with Gasteiger partial charge in [-0.2, -0.15) is 0 Å². The molecule has 4 amide bonds. The minimum atomic E-state index is -1.89.